The molecule has 8 nitrogen and oxygen atoms in total. The Bertz CT molecular complexity index is 1650. The summed E-state index contributed by atoms with van der Waals surface area (Å²) in [7, 11) is 3.91. The van der Waals surface area contributed by atoms with E-state index >= 15 is 0 Å². The van der Waals surface area contributed by atoms with Gasteiger partial charge >= 0.3 is 11.9 Å². The molecule has 0 aromatic heterocycles. The largest absolute Gasteiger partial charge is 0.484 e. The highest BCUT2D eigenvalue weighted by Crippen LogP contribution is 2.35. The highest BCUT2D eigenvalue weighted by atomic mass is 35.5. The van der Waals surface area contributed by atoms with Gasteiger partial charge in [0.1, 0.15) is 36.9 Å². The monoisotopic (exact) mass is 814 g/mol. The van der Waals surface area contributed by atoms with Gasteiger partial charge in [-0.2, -0.15) is 0 Å². The van der Waals surface area contributed by atoms with Crippen LogP contribution in [0.3, 0.4) is 0 Å². The first-order chi connectivity index (χ1) is 26.1. The summed E-state index contributed by atoms with van der Waals surface area (Å²) in [6, 6.07) is 30.2. The zero-order valence-electron chi connectivity index (χ0n) is 30.5. The molecule has 4 aromatic carbocycles. The summed E-state index contributed by atoms with van der Waals surface area (Å²) in [5, 5.41) is 2.10. The summed E-state index contributed by atoms with van der Waals surface area (Å²) < 4.78 is 23.2. The van der Waals surface area contributed by atoms with Crippen molar-refractivity contribution in [1.82, 2.24) is 9.80 Å². The zero-order valence-corrected chi connectivity index (χ0v) is 33.5. The van der Waals surface area contributed by atoms with Crippen molar-refractivity contribution in [2.24, 2.45) is 0 Å². The highest BCUT2D eigenvalue weighted by molar-refractivity contribution is 6.34. The second kappa shape index (κ2) is 23.2. The molecule has 0 saturated heterocycles. The number of carbonyl (C=O) groups is 2. The van der Waals surface area contributed by atoms with Gasteiger partial charge in [0.15, 0.2) is 0 Å². The molecule has 0 aliphatic heterocycles. The van der Waals surface area contributed by atoms with Crippen LogP contribution < -0.4 is 9.47 Å². The van der Waals surface area contributed by atoms with E-state index in [4.69, 9.17) is 65.4 Å². The van der Waals surface area contributed by atoms with Gasteiger partial charge in [-0.1, -0.05) is 107 Å². The molecule has 0 heterocycles. The lowest BCUT2D eigenvalue weighted by atomic mass is 10.0. The molecule has 0 saturated carbocycles. The Balaban J connectivity index is 1.10. The molecular formula is C42H46Cl4N2O6. The van der Waals surface area contributed by atoms with Crippen molar-refractivity contribution >= 4 is 58.3 Å². The Morgan fingerprint density at radius 1 is 0.574 bits per heavy atom. The molecule has 4 rings (SSSR count). The van der Waals surface area contributed by atoms with Crippen molar-refractivity contribution < 1.29 is 28.5 Å². The lowest BCUT2D eigenvalue weighted by Gasteiger charge is -2.22. The molecule has 0 amide bonds. The molecule has 2 atom stereocenters. The molecule has 0 radical (unpaired) electrons. The predicted molar refractivity (Wildman–Crippen MR) is 217 cm³/mol. The van der Waals surface area contributed by atoms with E-state index in [0.29, 0.717) is 44.7 Å². The summed E-state index contributed by atoms with van der Waals surface area (Å²) in [4.78, 5) is 28.6. The maximum absolute atomic E-state index is 12.2. The van der Waals surface area contributed by atoms with E-state index < -0.39 is 11.9 Å². The number of esters is 2. The van der Waals surface area contributed by atoms with Gasteiger partial charge < -0.3 is 28.7 Å². The summed E-state index contributed by atoms with van der Waals surface area (Å²) in [5.74, 6) is -0.143. The minimum Gasteiger partial charge on any atom is -0.484 e. The normalized spacial score (nSPS) is 12.5. The fraction of sp³-hybridized carbons (Fsp3) is 0.333. The molecular weight excluding hydrogens is 770 g/mol. The third-order valence-corrected chi connectivity index (χ3v) is 9.56. The van der Waals surface area contributed by atoms with Crippen molar-refractivity contribution in [3.05, 3.63) is 140 Å². The van der Waals surface area contributed by atoms with Crippen molar-refractivity contribution in [3.63, 3.8) is 0 Å². The predicted octanol–water partition coefficient (Wildman–Crippen LogP) is 10.3. The highest BCUT2D eigenvalue weighted by Gasteiger charge is 2.18. The topological polar surface area (TPSA) is 77.5 Å². The summed E-state index contributed by atoms with van der Waals surface area (Å²) in [6.07, 6.45) is 4.88. The second-order valence-electron chi connectivity index (χ2n) is 12.7. The Labute approximate surface area is 338 Å². The van der Waals surface area contributed by atoms with Crippen LogP contribution in [0.2, 0.25) is 20.1 Å². The van der Waals surface area contributed by atoms with Crippen LogP contribution in [0.15, 0.2) is 109 Å². The number of hydrogen-bond acceptors (Lipinski definition) is 8. The minimum absolute atomic E-state index is 0.179. The molecule has 2 unspecified atom stereocenters. The van der Waals surface area contributed by atoms with Crippen LogP contribution in [-0.2, 0) is 19.1 Å². The van der Waals surface area contributed by atoms with Gasteiger partial charge in [0.2, 0.25) is 0 Å². The van der Waals surface area contributed by atoms with Crippen molar-refractivity contribution in [2.75, 3.05) is 53.5 Å². The van der Waals surface area contributed by atoms with Gasteiger partial charge in [0, 0.05) is 47.4 Å². The zero-order chi connectivity index (χ0) is 38.7. The molecule has 0 aliphatic carbocycles. The number of likely N-dealkylation sites (N-methyl/N-ethyl adjacent to an activating group) is 2. The Morgan fingerprint density at radius 3 is 1.35 bits per heavy atom. The minimum atomic E-state index is -0.609. The molecule has 12 heteroatoms. The van der Waals surface area contributed by atoms with Crippen LogP contribution in [0, 0.1) is 0 Å². The van der Waals surface area contributed by atoms with Gasteiger partial charge in [0.25, 0.3) is 0 Å². The van der Waals surface area contributed by atoms with E-state index in [1.165, 1.54) is 0 Å². The van der Waals surface area contributed by atoms with E-state index in [-0.39, 0.29) is 25.4 Å². The van der Waals surface area contributed by atoms with E-state index in [1.54, 1.807) is 36.4 Å². The third-order valence-electron chi connectivity index (χ3n) is 8.47. The van der Waals surface area contributed by atoms with Crippen LogP contribution in [0.5, 0.6) is 11.5 Å². The van der Waals surface area contributed by atoms with Crippen LogP contribution in [-0.4, -0.2) is 75.2 Å². The van der Waals surface area contributed by atoms with Crippen LogP contribution in [0.1, 0.15) is 49.0 Å². The number of halogens is 4. The maximum Gasteiger partial charge on any atom is 0.331 e. The molecule has 0 N–H and O–H groups in total. The average Bonchev–Trinajstić information content (AvgIpc) is 3.16. The molecule has 0 aliphatic rings. The molecule has 54 heavy (non-hydrogen) atoms. The third kappa shape index (κ3) is 15.5. The smallest absolute Gasteiger partial charge is 0.331 e. The summed E-state index contributed by atoms with van der Waals surface area (Å²) in [5.41, 5.74) is 2.08. The van der Waals surface area contributed by atoms with E-state index in [2.05, 4.69) is 9.80 Å². The Hall–Kier alpha value is -3.76. The molecule has 4 aromatic rings. The second-order valence-corrected chi connectivity index (χ2v) is 14.4. The molecule has 288 valence electrons. The Kier molecular flexibility index (Phi) is 18.5. The van der Waals surface area contributed by atoms with E-state index in [9.17, 15) is 9.59 Å². The van der Waals surface area contributed by atoms with E-state index in [0.717, 1.165) is 62.1 Å². The Morgan fingerprint density at radius 2 is 0.963 bits per heavy atom. The molecule has 0 bridgehead atoms. The first kappa shape index (κ1) is 43.0. The van der Waals surface area contributed by atoms with Crippen LogP contribution in [0.4, 0.5) is 0 Å². The molecule has 0 spiro atoms. The lowest BCUT2D eigenvalue weighted by Crippen LogP contribution is -2.26. The summed E-state index contributed by atoms with van der Waals surface area (Å²) in [6.45, 7) is 2.92. The lowest BCUT2D eigenvalue weighted by molar-refractivity contribution is -0.140. The standard InChI is InChI=1S/C42H46Cl4N2O6/c1-47(23-9-15-37(31-11-5-3-6-12-31)53-39-29-33(43)17-19-35(39)45)25-27-51-41(49)21-22-42(50)52-28-26-48(2)24-10-16-38(32-13-7-4-8-14-32)54-40-30-34(44)18-20-36(40)46/h3-8,11-14,17-22,29-30,37-38H,9-10,15-16,23-28H2,1-2H3/b22-21+. The van der Waals surface area contributed by atoms with Gasteiger partial charge in [-0.3, -0.25) is 0 Å². The van der Waals surface area contributed by atoms with Gasteiger partial charge in [-0.25, -0.2) is 9.59 Å². The average molecular weight is 817 g/mol. The van der Waals surface area contributed by atoms with Crippen LogP contribution in [0.25, 0.3) is 0 Å². The first-order valence-electron chi connectivity index (χ1n) is 17.8. The van der Waals surface area contributed by atoms with E-state index in [1.807, 2.05) is 74.8 Å². The SMILES string of the molecule is CN(CCCC(Oc1cc(Cl)ccc1Cl)c1ccccc1)CCOC(=O)/C=C/C(=O)OCCN(C)CCCC(Oc1cc(Cl)ccc1Cl)c1ccccc1. The number of nitrogens with zero attached hydrogens (tertiary/aromatic N) is 2. The quantitative estimate of drug-likeness (QED) is 0.0573. The van der Waals surface area contributed by atoms with Crippen molar-refractivity contribution in [3.8, 4) is 11.5 Å². The number of hydrogen-bond donors (Lipinski definition) is 0. The fourth-order valence-electron chi connectivity index (χ4n) is 5.52. The van der Waals surface area contributed by atoms with Crippen molar-refractivity contribution in [1.29, 1.82) is 0 Å². The van der Waals surface area contributed by atoms with Gasteiger partial charge in [-0.05, 0) is 88.3 Å². The van der Waals surface area contributed by atoms with Gasteiger partial charge in [0.05, 0.1) is 10.0 Å². The fourth-order valence-corrected chi connectivity index (χ4v) is 6.17. The number of ether oxygens (including phenoxy) is 4. The number of rotatable bonds is 22. The number of benzene rings is 4. The van der Waals surface area contributed by atoms with Crippen molar-refractivity contribution in [2.45, 2.75) is 37.9 Å². The number of carbonyl (C=O) groups excluding carboxylic acids is 2. The summed E-state index contributed by atoms with van der Waals surface area (Å²) >= 11 is 25.1. The van der Waals surface area contributed by atoms with Crippen LogP contribution >= 0.6 is 46.4 Å². The molecule has 0 fully saturated rings. The maximum atomic E-state index is 12.2. The first-order valence-corrected chi connectivity index (χ1v) is 19.3. The van der Waals surface area contributed by atoms with Gasteiger partial charge in [-0.15, -0.1) is 0 Å².